The summed E-state index contributed by atoms with van der Waals surface area (Å²) >= 11 is 1.83. The van der Waals surface area contributed by atoms with Crippen LogP contribution in [0.4, 0.5) is 0 Å². The fourth-order valence-electron chi connectivity index (χ4n) is 2.49. The maximum Gasteiger partial charge on any atom is 0.191 e. The molecule has 2 rings (SSSR count). The Kier molecular flexibility index (Phi) is 7.70. The zero-order chi connectivity index (χ0) is 15.6. The third kappa shape index (κ3) is 6.34. The molecule has 1 saturated heterocycles. The summed E-state index contributed by atoms with van der Waals surface area (Å²) in [5.74, 6) is 1.49. The van der Waals surface area contributed by atoms with Crippen molar-refractivity contribution in [3.8, 4) is 0 Å². The first-order chi connectivity index (χ1) is 10.8. The van der Waals surface area contributed by atoms with Gasteiger partial charge in [0.05, 0.1) is 13.2 Å². The molecule has 2 N–H and O–H groups in total. The lowest BCUT2D eigenvalue weighted by molar-refractivity contribution is 0.0389. The van der Waals surface area contributed by atoms with Gasteiger partial charge >= 0.3 is 0 Å². The van der Waals surface area contributed by atoms with Crippen molar-refractivity contribution in [1.82, 2.24) is 15.5 Å². The summed E-state index contributed by atoms with van der Waals surface area (Å²) in [6.45, 7) is 8.94. The van der Waals surface area contributed by atoms with Crippen molar-refractivity contribution < 1.29 is 4.74 Å². The van der Waals surface area contributed by atoms with Crippen molar-refractivity contribution in [3.63, 3.8) is 0 Å². The van der Waals surface area contributed by atoms with Gasteiger partial charge in [-0.2, -0.15) is 0 Å². The summed E-state index contributed by atoms with van der Waals surface area (Å²) < 4.78 is 5.36. The monoisotopic (exact) mass is 324 g/mol. The smallest absolute Gasteiger partial charge is 0.191 e. The number of nitrogens with zero attached hydrogens (tertiary/aromatic N) is 2. The standard InChI is InChI=1S/C16H28N4OS/c1-14(12-15-4-3-11-22-15)13-19-16(17-2)18-5-6-20-7-9-21-10-8-20/h3-4,11,14H,5-10,12-13H2,1-2H3,(H2,17,18,19). The van der Waals surface area contributed by atoms with Crippen molar-refractivity contribution in [2.75, 3.05) is 53.0 Å². The summed E-state index contributed by atoms with van der Waals surface area (Å²) in [5, 5.41) is 8.95. The van der Waals surface area contributed by atoms with Crippen LogP contribution in [-0.2, 0) is 11.2 Å². The van der Waals surface area contributed by atoms with E-state index in [4.69, 9.17) is 4.74 Å². The van der Waals surface area contributed by atoms with Crippen LogP contribution >= 0.6 is 11.3 Å². The number of aliphatic imine (C=N–C) groups is 1. The number of guanidine groups is 1. The Bertz CT molecular complexity index is 429. The van der Waals surface area contributed by atoms with Crippen LogP contribution in [0, 0.1) is 5.92 Å². The van der Waals surface area contributed by atoms with Crippen molar-refractivity contribution in [2.45, 2.75) is 13.3 Å². The van der Waals surface area contributed by atoms with E-state index in [0.717, 1.165) is 58.3 Å². The molecule has 5 nitrogen and oxygen atoms in total. The van der Waals surface area contributed by atoms with Crippen molar-refractivity contribution in [3.05, 3.63) is 22.4 Å². The van der Waals surface area contributed by atoms with Gasteiger partial charge in [-0.15, -0.1) is 11.3 Å². The van der Waals surface area contributed by atoms with Gasteiger partial charge in [0.15, 0.2) is 5.96 Å². The average Bonchev–Trinajstić information content (AvgIpc) is 3.04. The number of ether oxygens (including phenoxy) is 1. The number of rotatable bonds is 7. The number of thiophene rings is 1. The van der Waals surface area contributed by atoms with Crippen LogP contribution in [0.3, 0.4) is 0 Å². The van der Waals surface area contributed by atoms with E-state index in [1.807, 2.05) is 18.4 Å². The van der Waals surface area contributed by atoms with Crippen LogP contribution in [-0.4, -0.2) is 63.8 Å². The van der Waals surface area contributed by atoms with E-state index in [-0.39, 0.29) is 0 Å². The van der Waals surface area contributed by atoms with Crippen LogP contribution in [0.5, 0.6) is 0 Å². The Balaban J connectivity index is 1.60. The summed E-state index contributed by atoms with van der Waals surface area (Å²) in [7, 11) is 1.83. The predicted molar refractivity (Wildman–Crippen MR) is 93.8 cm³/mol. The second-order valence-corrected chi connectivity index (χ2v) is 6.75. The van der Waals surface area contributed by atoms with E-state index >= 15 is 0 Å². The topological polar surface area (TPSA) is 48.9 Å². The van der Waals surface area contributed by atoms with E-state index in [0.29, 0.717) is 5.92 Å². The minimum atomic E-state index is 0.594. The Morgan fingerprint density at radius 3 is 2.91 bits per heavy atom. The number of hydrogen-bond acceptors (Lipinski definition) is 4. The molecule has 124 valence electrons. The lowest BCUT2D eigenvalue weighted by atomic mass is 10.1. The van der Waals surface area contributed by atoms with Crippen molar-refractivity contribution in [1.29, 1.82) is 0 Å². The SMILES string of the molecule is CN=C(NCCN1CCOCC1)NCC(C)Cc1cccs1. The molecule has 1 aliphatic rings. The molecule has 0 radical (unpaired) electrons. The zero-order valence-corrected chi connectivity index (χ0v) is 14.5. The van der Waals surface area contributed by atoms with E-state index in [2.05, 4.69) is 45.0 Å². The molecule has 2 heterocycles. The Morgan fingerprint density at radius 2 is 2.23 bits per heavy atom. The van der Waals surface area contributed by atoms with Gasteiger partial charge in [-0.3, -0.25) is 9.89 Å². The highest BCUT2D eigenvalue weighted by molar-refractivity contribution is 7.09. The molecule has 0 saturated carbocycles. The minimum absolute atomic E-state index is 0.594. The molecule has 0 spiro atoms. The lowest BCUT2D eigenvalue weighted by Crippen LogP contribution is -2.45. The van der Waals surface area contributed by atoms with E-state index in [9.17, 15) is 0 Å². The molecule has 0 aromatic carbocycles. The lowest BCUT2D eigenvalue weighted by Gasteiger charge is -2.26. The summed E-state index contributed by atoms with van der Waals surface area (Å²) in [5.41, 5.74) is 0. The molecule has 1 unspecified atom stereocenters. The maximum absolute atomic E-state index is 5.36. The molecule has 0 aliphatic carbocycles. The van der Waals surface area contributed by atoms with Gasteiger partial charge < -0.3 is 15.4 Å². The normalized spacial score (nSPS) is 18.2. The Morgan fingerprint density at radius 1 is 1.41 bits per heavy atom. The highest BCUT2D eigenvalue weighted by atomic mass is 32.1. The molecule has 1 aliphatic heterocycles. The first-order valence-corrected chi connectivity index (χ1v) is 8.93. The molecule has 0 bridgehead atoms. The van der Waals surface area contributed by atoms with Gasteiger partial charge in [0.1, 0.15) is 0 Å². The van der Waals surface area contributed by atoms with Crippen LogP contribution in [0.25, 0.3) is 0 Å². The predicted octanol–water partition coefficient (Wildman–Crippen LogP) is 1.42. The molecule has 1 fully saturated rings. The number of morpholine rings is 1. The molecule has 1 aromatic rings. The highest BCUT2D eigenvalue weighted by Crippen LogP contribution is 2.13. The molecule has 1 atom stereocenters. The number of hydrogen-bond donors (Lipinski definition) is 2. The van der Waals surface area contributed by atoms with Crippen LogP contribution in [0.15, 0.2) is 22.5 Å². The average molecular weight is 324 g/mol. The molecule has 1 aromatic heterocycles. The summed E-state index contributed by atoms with van der Waals surface area (Å²) in [6.07, 6.45) is 1.12. The minimum Gasteiger partial charge on any atom is -0.379 e. The fourth-order valence-corrected chi connectivity index (χ4v) is 3.36. The third-order valence-electron chi connectivity index (χ3n) is 3.80. The Hall–Kier alpha value is -1.11. The van der Waals surface area contributed by atoms with Crippen LogP contribution in [0.2, 0.25) is 0 Å². The first kappa shape index (κ1) is 17.2. The Labute approximate surface area is 137 Å². The first-order valence-electron chi connectivity index (χ1n) is 8.05. The molecule has 6 heteroatoms. The fraction of sp³-hybridized carbons (Fsp3) is 0.688. The van der Waals surface area contributed by atoms with Crippen LogP contribution in [0.1, 0.15) is 11.8 Å². The van der Waals surface area contributed by atoms with Crippen LogP contribution < -0.4 is 10.6 Å². The van der Waals surface area contributed by atoms with Gasteiger partial charge in [0.2, 0.25) is 0 Å². The quantitative estimate of drug-likeness (QED) is 0.588. The molecule has 0 amide bonds. The molecular formula is C16H28N4OS. The largest absolute Gasteiger partial charge is 0.379 e. The van der Waals surface area contributed by atoms with E-state index in [1.54, 1.807) is 0 Å². The third-order valence-corrected chi connectivity index (χ3v) is 4.69. The van der Waals surface area contributed by atoms with Gasteiger partial charge in [0, 0.05) is 44.6 Å². The second-order valence-electron chi connectivity index (χ2n) is 5.72. The zero-order valence-electron chi connectivity index (χ0n) is 13.7. The van der Waals surface area contributed by atoms with E-state index < -0.39 is 0 Å². The van der Waals surface area contributed by atoms with Crippen molar-refractivity contribution >= 4 is 17.3 Å². The van der Waals surface area contributed by atoms with Gasteiger partial charge in [-0.25, -0.2) is 0 Å². The molecular weight excluding hydrogens is 296 g/mol. The van der Waals surface area contributed by atoms with Gasteiger partial charge in [0.25, 0.3) is 0 Å². The van der Waals surface area contributed by atoms with Gasteiger partial charge in [-0.05, 0) is 23.8 Å². The summed E-state index contributed by atoms with van der Waals surface area (Å²) in [6, 6.07) is 4.32. The highest BCUT2D eigenvalue weighted by Gasteiger charge is 2.10. The number of nitrogens with one attached hydrogen (secondary N) is 2. The second kappa shape index (κ2) is 9.82. The maximum atomic E-state index is 5.36. The van der Waals surface area contributed by atoms with E-state index in [1.165, 1.54) is 4.88 Å². The van der Waals surface area contributed by atoms with Crippen molar-refractivity contribution in [2.24, 2.45) is 10.9 Å². The van der Waals surface area contributed by atoms with Gasteiger partial charge in [-0.1, -0.05) is 13.0 Å². The summed E-state index contributed by atoms with van der Waals surface area (Å²) in [4.78, 5) is 8.16. The molecule has 22 heavy (non-hydrogen) atoms.